The zero-order valence-electron chi connectivity index (χ0n) is 35.8. The number of rotatable bonds is 41. The van der Waals surface area contributed by atoms with Crippen LogP contribution in [0.25, 0.3) is 0 Å². The number of ketones is 3. The van der Waals surface area contributed by atoms with Crippen molar-refractivity contribution in [2.45, 2.75) is 265 Å². The third kappa shape index (κ3) is 29.2. The molecule has 0 unspecified atom stereocenters. The number of unbranched alkanes of at least 4 members (excludes halogenated alkanes) is 32. The summed E-state index contributed by atoms with van der Waals surface area (Å²) in [4.78, 5) is 40.1. The fourth-order valence-corrected chi connectivity index (χ4v) is 7.75. The highest BCUT2D eigenvalue weighted by atomic mass is 16.1. The molecule has 0 heterocycles. The summed E-state index contributed by atoms with van der Waals surface area (Å²) in [5.41, 5.74) is 1.70. The second-order valence-electron chi connectivity index (χ2n) is 16.6. The lowest BCUT2D eigenvalue weighted by atomic mass is 9.93. The Kier molecular flexibility index (Phi) is 34.5. The minimum atomic E-state index is 0.0836. The largest absolute Gasteiger partial charge is 0.294 e. The van der Waals surface area contributed by atoms with Crippen LogP contribution < -0.4 is 0 Å². The number of carbonyl (C=O) groups excluding carboxylic acids is 3. The number of hydrogen-bond acceptors (Lipinski definition) is 3. The maximum atomic E-state index is 13.4. The summed E-state index contributed by atoms with van der Waals surface area (Å²) in [6.45, 7) is 6.80. The minimum Gasteiger partial charge on any atom is -0.294 e. The molecule has 0 saturated heterocycles. The van der Waals surface area contributed by atoms with Crippen LogP contribution in [0, 0.1) is 0 Å². The van der Waals surface area contributed by atoms with Crippen molar-refractivity contribution in [2.75, 3.05) is 0 Å². The molecular formula is C50H88O3. The standard InChI is InChI=1S/C50H88O3/c1-4-7-10-13-16-19-22-23-26-29-32-35-38-41-50(53)47-43-45(48(51)39-36-33-30-27-24-20-17-14-11-8-5-2)42-46(44-47)49(52)40-37-34-31-28-25-21-18-15-12-9-6-3/h42-44H,4-41H2,1-3H3. The summed E-state index contributed by atoms with van der Waals surface area (Å²) >= 11 is 0. The minimum absolute atomic E-state index is 0.0836. The molecule has 0 spiro atoms. The van der Waals surface area contributed by atoms with Crippen LogP contribution in [0.5, 0.6) is 0 Å². The van der Waals surface area contributed by atoms with E-state index in [4.69, 9.17) is 0 Å². The van der Waals surface area contributed by atoms with Crippen molar-refractivity contribution in [1.82, 2.24) is 0 Å². The van der Waals surface area contributed by atoms with E-state index in [1.807, 2.05) is 0 Å². The molecule has 0 aliphatic heterocycles. The SMILES string of the molecule is CCCCCCCCCCCCCCCC(=O)c1cc(C(=O)CCCCCCCCCCCCC)cc(C(=O)CCCCCCCCCCCCC)c1. The van der Waals surface area contributed by atoms with Gasteiger partial charge >= 0.3 is 0 Å². The van der Waals surface area contributed by atoms with E-state index in [1.54, 1.807) is 18.2 Å². The van der Waals surface area contributed by atoms with Gasteiger partial charge in [-0.3, -0.25) is 14.4 Å². The molecule has 0 fully saturated rings. The fourth-order valence-electron chi connectivity index (χ4n) is 7.75. The molecule has 0 aromatic heterocycles. The number of Topliss-reactive ketones (excluding diaryl/α,β-unsaturated/α-hetero) is 3. The Morgan fingerprint density at radius 2 is 0.415 bits per heavy atom. The van der Waals surface area contributed by atoms with Gasteiger partial charge in [-0.1, -0.05) is 226 Å². The molecule has 3 heteroatoms. The second-order valence-corrected chi connectivity index (χ2v) is 16.6. The number of benzene rings is 1. The second kappa shape index (κ2) is 37.2. The first-order chi connectivity index (χ1) is 26.0. The first-order valence-electron chi connectivity index (χ1n) is 23.8. The molecule has 0 radical (unpaired) electrons. The number of carbonyl (C=O) groups is 3. The quantitative estimate of drug-likeness (QED) is 0.0497. The summed E-state index contributed by atoms with van der Waals surface area (Å²) in [7, 11) is 0. The topological polar surface area (TPSA) is 51.2 Å². The Bertz CT molecular complexity index is 954. The fraction of sp³-hybridized carbons (Fsp3) is 0.820. The molecule has 3 nitrogen and oxygen atoms in total. The molecule has 0 amide bonds. The van der Waals surface area contributed by atoms with Gasteiger partial charge in [-0.2, -0.15) is 0 Å². The van der Waals surface area contributed by atoms with Gasteiger partial charge in [0.2, 0.25) is 0 Å². The van der Waals surface area contributed by atoms with E-state index in [2.05, 4.69) is 20.8 Å². The number of hydrogen-bond donors (Lipinski definition) is 0. The molecule has 0 atom stereocenters. The van der Waals surface area contributed by atoms with Gasteiger partial charge in [0.1, 0.15) is 0 Å². The summed E-state index contributed by atoms with van der Waals surface area (Å²) in [6.07, 6.45) is 45.7. The maximum absolute atomic E-state index is 13.4. The van der Waals surface area contributed by atoms with Crippen molar-refractivity contribution >= 4 is 17.3 Å². The zero-order valence-corrected chi connectivity index (χ0v) is 35.8. The van der Waals surface area contributed by atoms with Crippen molar-refractivity contribution in [3.63, 3.8) is 0 Å². The van der Waals surface area contributed by atoms with Crippen LogP contribution in [-0.2, 0) is 0 Å². The van der Waals surface area contributed by atoms with Gasteiger partial charge in [-0.25, -0.2) is 0 Å². The van der Waals surface area contributed by atoms with E-state index in [1.165, 1.54) is 186 Å². The molecule has 306 valence electrons. The summed E-state index contributed by atoms with van der Waals surface area (Å²) < 4.78 is 0. The third-order valence-electron chi connectivity index (χ3n) is 11.4. The van der Waals surface area contributed by atoms with Crippen molar-refractivity contribution in [3.8, 4) is 0 Å². The van der Waals surface area contributed by atoms with E-state index < -0.39 is 0 Å². The molecule has 0 bridgehead atoms. The van der Waals surface area contributed by atoms with E-state index in [9.17, 15) is 14.4 Å². The van der Waals surface area contributed by atoms with Crippen LogP contribution in [0.15, 0.2) is 18.2 Å². The summed E-state index contributed by atoms with van der Waals surface area (Å²) in [6, 6.07) is 5.39. The van der Waals surface area contributed by atoms with Crippen molar-refractivity contribution < 1.29 is 14.4 Å². The van der Waals surface area contributed by atoms with Crippen molar-refractivity contribution in [3.05, 3.63) is 34.9 Å². The lowest BCUT2D eigenvalue weighted by molar-refractivity contribution is 0.0978. The first-order valence-corrected chi connectivity index (χ1v) is 23.8. The van der Waals surface area contributed by atoms with Gasteiger partial charge in [0.15, 0.2) is 17.3 Å². The Labute approximate surface area is 330 Å². The monoisotopic (exact) mass is 737 g/mol. The van der Waals surface area contributed by atoms with Crippen LogP contribution in [0.2, 0.25) is 0 Å². The van der Waals surface area contributed by atoms with E-state index in [-0.39, 0.29) is 17.3 Å². The van der Waals surface area contributed by atoms with Crippen LogP contribution in [0.4, 0.5) is 0 Å². The van der Waals surface area contributed by atoms with Crippen LogP contribution in [0.1, 0.15) is 296 Å². The van der Waals surface area contributed by atoms with Gasteiger partial charge in [-0.15, -0.1) is 0 Å². The Hall–Kier alpha value is -1.77. The normalized spacial score (nSPS) is 11.4. The van der Waals surface area contributed by atoms with Gasteiger partial charge in [-0.05, 0) is 37.5 Å². The maximum Gasteiger partial charge on any atom is 0.162 e. The highest BCUT2D eigenvalue weighted by molar-refractivity contribution is 6.06. The van der Waals surface area contributed by atoms with E-state index in [0.29, 0.717) is 36.0 Å². The van der Waals surface area contributed by atoms with Crippen molar-refractivity contribution in [1.29, 1.82) is 0 Å². The average Bonchev–Trinajstić information content (AvgIpc) is 3.17. The molecule has 1 aromatic carbocycles. The van der Waals surface area contributed by atoms with Gasteiger partial charge in [0.25, 0.3) is 0 Å². The van der Waals surface area contributed by atoms with E-state index >= 15 is 0 Å². The highest BCUT2D eigenvalue weighted by Gasteiger charge is 2.16. The molecule has 0 saturated carbocycles. The smallest absolute Gasteiger partial charge is 0.162 e. The third-order valence-corrected chi connectivity index (χ3v) is 11.4. The summed E-state index contributed by atoms with van der Waals surface area (Å²) in [5.74, 6) is 0.252. The van der Waals surface area contributed by atoms with Gasteiger partial charge in [0.05, 0.1) is 0 Å². The Morgan fingerprint density at radius 3 is 0.585 bits per heavy atom. The molecular weight excluding hydrogens is 649 g/mol. The molecule has 0 N–H and O–H groups in total. The van der Waals surface area contributed by atoms with E-state index in [0.717, 1.165) is 38.5 Å². The molecule has 53 heavy (non-hydrogen) atoms. The van der Waals surface area contributed by atoms with Gasteiger partial charge < -0.3 is 0 Å². The Balaban J connectivity index is 2.54. The van der Waals surface area contributed by atoms with Crippen LogP contribution >= 0.6 is 0 Å². The predicted octanol–water partition coefficient (Wildman–Crippen LogP) is 17.1. The predicted molar refractivity (Wildman–Crippen MR) is 232 cm³/mol. The summed E-state index contributed by atoms with van der Waals surface area (Å²) in [5, 5.41) is 0. The lowest BCUT2D eigenvalue weighted by Gasteiger charge is -2.10. The first kappa shape index (κ1) is 49.2. The highest BCUT2D eigenvalue weighted by Crippen LogP contribution is 2.21. The average molecular weight is 737 g/mol. The van der Waals surface area contributed by atoms with Crippen LogP contribution in [-0.4, -0.2) is 17.3 Å². The zero-order chi connectivity index (χ0) is 38.5. The molecule has 0 aliphatic carbocycles. The molecule has 1 rings (SSSR count). The van der Waals surface area contributed by atoms with Gasteiger partial charge in [0, 0.05) is 36.0 Å². The van der Waals surface area contributed by atoms with Crippen LogP contribution in [0.3, 0.4) is 0 Å². The Morgan fingerprint density at radius 1 is 0.264 bits per heavy atom. The molecule has 0 aliphatic rings. The van der Waals surface area contributed by atoms with Crippen molar-refractivity contribution in [2.24, 2.45) is 0 Å². The molecule has 1 aromatic rings. The lowest BCUT2D eigenvalue weighted by Crippen LogP contribution is -2.09.